The second kappa shape index (κ2) is 6.85. The van der Waals surface area contributed by atoms with Crippen molar-refractivity contribution in [2.45, 2.75) is 6.54 Å². The van der Waals surface area contributed by atoms with Gasteiger partial charge in [0.05, 0.1) is 11.5 Å². The Morgan fingerprint density at radius 2 is 2.00 bits per heavy atom. The summed E-state index contributed by atoms with van der Waals surface area (Å²) in [5.41, 5.74) is 1.65. The van der Waals surface area contributed by atoms with Crippen molar-refractivity contribution in [1.29, 1.82) is 0 Å². The lowest BCUT2D eigenvalue weighted by molar-refractivity contribution is -0.384. The van der Waals surface area contributed by atoms with Gasteiger partial charge in [0.2, 0.25) is 5.91 Å². The molecule has 0 spiro atoms. The van der Waals surface area contributed by atoms with Crippen LogP contribution in [0.4, 0.5) is 11.4 Å². The van der Waals surface area contributed by atoms with Crippen molar-refractivity contribution in [2.24, 2.45) is 0 Å². The Morgan fingerprint density at radius 1 is 1.35 bits per heavy atom. The van der Waals surface area contributed by atoms with Crippen LogP contribution in [0, 0.1) is 10.1 Å². The molecule has 0 saturated carbocycles. The summed E-state index contributed by atoms with van der Waals surface area (Å²) in [6.45, 7) is 0.719. The van der Waals surface area contributed by atoms with Crippen molar-refractivity contribution in [3.8, 4) is 0 Å². The van der Waals surface area contributed by atoms with Gasteiger partial charge in [0.1, 0.15) is 0 Å². The van der Waals surface area contributed by atoms with Crippen LogP contribution < -0.4 is 5.32 Å². The SMILES string of the molecule is CNc1ccc([N+](=O)[O-])cc1CN(C)CC(=O)N(C)C. The number of carbonyl (C=O) groups is 1. The van der Waals surface area contributed by atoms with Gasteiger partial charge < -0.3 is 10.2 Å². The minimum absolute atomic E-state index is 0.0102. The van der Waals surface area contributed by atoms with Crippen LogP contribution >= 0.6 is 0 Å². The zero-order chi connectivity index (χ0) is 15.3. The summed E-state index contributed by atoms with van der Waals surface area (Å²) in [6.07, 6.45) is 0. The fraction of sp³-hybridized carbons (Fsp3) is 0.462. The number of rotatable bonds is 6. The van der Waals surface area contributed by atoms with Gasteiger partial charge in [0, 0.05) is 45.5 Å². The zero-order valence-electron chi connectivity index (χ0n) is 12.2. The molecule has 0 aliphatic carbocycles. The highest BCUT2D eigenvalue weighted by molar-refractivity contribution is 5.77. The van der Waals surface area contributed by atoms with E-state index in [2.05, 4.69) is 5.32 Å². The summed E-state index contributed by atoms with van der Waals surface area (Å²) in [5, 5.41) is 13.8. The van der Waals surface area contributed by atoms with E-state index in [0.717, 1.165) is 11.3 Å². The smallest absolute Gasteiger partial charge is 0.269 e. The zero-order valence-corrected chi connectivity index (χ0v) is 12.2. The Bertz CT molecular complexity index is 502. The van der Waals surface area contributed by atoms with Gasteiger partial charge in [-0.05, 0) is 18.7 Å². The molecule has 7 heteroatoms. The maximum atomic E-state index is 11.6. The molecular formula is C13H20N4O3. The molecule has 0 heterocycles. The monoisotopic (exact) mass is 280 g/mol. The molecule has 1 aromatic carbocycles. The average Bonchev–Trinajstić information content (AvgIpc) is 2.38. The van der Waals surface area contributed by atoms with E-state index in [0.29, 0.717) is 6.54 Å². The molecule has 1 N–H and O–H groups in total. The fourth-order valence-electron chi connectivity index (χ4n) is 1.79. The number of nitro benzene ring substituents is 1. The Hall–Kier alpha value is -2.15. The van der Waals surface area contributed by atoms with Gasteiger partial charge in [-0.2, -0.15) is 0 Å². The predicted octanol–water partition coefficient (Wildman–Crippen LogP) is 1.16. The van der Waals surface area contributed by atoms with Crippen LogP contribution in [0.15, 0.2) is 18.2 Å². The van der Waals surface area contributed by atoms with Crippen molar-refractivity contribution in [2.75, 3.05) is 40.1 Å². The molecule has 0 aliphatic heterocycles. The van der Waals surface area contributed by atoms with Gasteiger partial charge >= 0.3 is 0 Å². The molecule has 1 aromatic rings. The highest BCUT2D eigenvalue weighted by Gasteiger charge is 2.14. The first kappa shape index (κ1) is 15.9. The normalized spacial score (nSPS) is 10.4. The number of nitrogens with one attached hydrogen (secondary N) is 1. The van der Waals surface area contributed by atoms with E-state index in [1.165, 1.54) is 17.0 Å². The number of nitrogens with zero attached hydrogens (tertiary/aromatic N) is 3. The third kappa shape index (κ3) is 4.20. The number of likely N-dealkylation sites (N-methyl/N-ethyl adjacent to an activating group) is 2. The molecule has 0 saturated heterocycles. The van der Waals surface area contributed by atoms with Crippen LogP contribution in [0.25, 0.3) is 0 Å². The van der Waals surface area contributed by atoms with Gasteiger partial charge in [-0.3, -0.25) is 19.8 Å². The van der Waals surface area contributed by atoms with Crippen molar-refractivity contribution in [3.05, 3.63) is 33.9 Å². The molecular weight excluding hydrogens is 260 g/mol. The molecule has 110 valence electrons. The molecule has 0 fully saturated rings. The number of carbonyl (C=O) groups excluding carboxylic acids is 1. The lowest BCUT2D eigenvalue weighted by Crippen LogP contribution is -2.34. The standard InChI is InChI=1S/C13H20N4O3/c1-14-12-6-5-11(17(19)20)7-10(12)8-16(4)9-13(18)15(2)3/h5-7,14H,8-9H2,1-4H3. The molecule has 0 atom stereocenters. The maximum Gasteiger partial charge on any atom is 0.269 e. The summed E-state index contributed by atoms with van der Waals surface area (Å²) in [4.78, 5) is 25.4. The summed E-state index contributed by atoms with van der Waals surface area (Å²) < 4.78 is 0. The van der Waals surface area contributed by atoms with Crippen LogP contribution in [0.1, 0.15) is 5.56 Å². The van der Waals surface area contributed by atoms with E-state index in [1.54, 1.807) is 34.3 Å². The van der Waals surface area contributed by atoms with Gasteiger partial charge in [-0.1, -0.05) is 0 Å². The molecule has 0 radical (unpaired) electrons. The molecule has 20 heavy (non-hydrogen) atoms. The molecule has 0 bridgehead atoms. The number of amides is 1. The van der Waals surface area contributed by atoms with E-state index in [4.69, 9.17) is 0 Å². The number of anilines is 1. The Balaban J connectivity index is 2.86. The van der Waals surface area contributed by atoms with Gasteiger partial charge in [-0.25, -0.2) is 0 Å². The third-order valence-corrected chi connectivity index (χ3v) is 2.91. The first-order chi connectivity index (χ1) is 9.35. The lowest BCUT2D eigenvalue weighted by atomic mass is 10.1. The Labute approximate surface area is 118 Å². The lowest BCUT2D eigenvalue weighted by Gasteiger charge is -2.20. The topological polar surface area (TPSA) is 78.7 Å². The maximum absolute atomic E-state index is 11.6. The van der Waals surface area contributed by atoms with Crippen molar-refractivity contribution in [3.63, 3.8) is 0 Å². The molecule has 0 aliphatic rings. The molecule has 0 aromatic heterocycles. The van der Waals surface area contributed by atoms with E-state index >= 15 is 0 Å². The quantitative estimate of drug-likeness (QED) is 0.625. The van der Waals surface area contributed by atoms with Crippen molar-refractivity contribution < 1.29 is 9.72 Å². The van der Waals surface area contributed by atoms with Crippen molar-refractivity contribution >= 4 is 17.3 Å². The molecule has 7 nitrogen and oxygen atoms in total. The Morgan fingerprint density at radius 3 is 2.50 bits per heavy atom. The number of hydrogen-bond acceptors (Lipinski definition) is 5. The largest absolute Gasteiger partial charge is 0.388 e. The summed E-state index contributed by atoms with van der Waals surface area (Å²) >= 11 is 0. The van der Waals surface area contributed by atoms with Crippen LogP contribution in [-0.2, 0) is 11.3 Å². The summed E-state index contributed by atoms with van der Waals surface area (Å²) in [6, 6.07) is 4.66. The van der Waals surface area contributed by atoms with Crippen LogP contribution in [-0.4, -0.2) is 55.4 Å². The number of hydrogen-bond donors (Lipinski definition) is 1. The van der Waals surface area contributed by atoms with Gasteiger partial charge in [0.25, 0.3) is 5.69 Å². The molecule has 1 rings (SSSR count). The Kier molecular flexibility index (Phi) is 5.45. The van der Waals surface area contributed by atoms with Crippen LogP contribution in [0.2, 0.25) is 0 Å². The second-order valence-electron chi connectivity index (χ2n) is 4.81. The molecule has 1 amide bonds. The van der Waals surface area contributed by atoms with E-state index in [9.17, 15) is 14.9 Å². The van der Waals surface area contributed by atoms with Gasteiger partial charge in [0.15, 0.2) is 0 Å². The predicted molar refractivity (Wildman–Crippen MR) is 77.7 cm³/mol. The highest BCUT2D eigenvalue weighted by atomic mass is 16.6. The minimum atomic E-state index is -0.423. The fourth-order valence-corrected chi connectivity index (χ4v) is 1.79. The van der Waals surface area contributed by atoms with E-state index < -0.39 is 4.92 Å². The first-order valence-corrected chi connectivity index (χ1v) is 6.19. The summed E-state index contributed by atoms with van der Waals surface area (Å²) in [7, 11) is 6.96. The van der Waals surface area contributed by atoms with Crippen molar-refractivity contribution in [1.82, 2.24) is 9.80 Å². The second-order valence-corrected chi connectivity index (χ2v) is 4.81. The highest BCUT2D eigenvalue weighted by Crippen LogP contribution is 2.22. The first-order valence-electron chi connectivity index (χ1n) is 6.19. The van der Waals surface area contributed by atoms with E-state index in [1.807, 2.05) is 4.90 Å². The molecule has 0 unspecified atom stereocenters. The van der Waals surface area contributed by atoms with Crippen LogP contribution in [0.3, 0.4) is 0 Å². The van der Waals surface area contributed by atoms with Crippen LogP contribution in [0.5, 0.6) is 0 Å². The minimum Gasteiger partial charge on any atom is -0.388 e. The number of benzene rings is 1. The number of non-ortho nitro benzene ring substituents is 1. The average molecular weight is 280 g/mol. The summed E-state index contributed by atoms with van der Waals surface area (Å²) in [5.74, 6) is -0.0102. The third-order valence-electron chi connectivity index (χ3n) is 2.91. The number of nitro groups is 1. The van der Waals surface area contributed by atoms with E-state index in [-0.39, 0.29) is 18.1 Å². The van der Waals surface area contributed by atoms with Gasteiger partial charge in [-0.15, -0.1) is 0 Å².